The van der Waals surface area contributed by atoms with Crippen LogP contribution in [-0.4, -0.2) is 36.4 Å². The van der Waals surface area contributed by atoms with E-state index < -0.39 is 5.91 Å². The van der Waals surface area contributed by atoms with Crippen LogP contribution in [0.2, 0.25) is 5.02 Å². The highest BCUT2D eigenvalue weighted by Crippen LogP contribution is 2.37. The van der Waals surface area contributed by atoms with E-state index in [0.29, 0.717) is 34.7 Å². The van der Waals surface area contributed by atoms with E-state index in [-0.39, 0.29) is 17.2 Å². The summed E-state index contributed by atoms with van der Waals surface area (Å²) in [6, 6.07) is 12.9. The Morgan fingerprint density at radius 3 is 2.64 bits per heavy atom. The predicted octanol–water partition coefficient (Wildman–Crippen LogP) is 5.71. The molecule has 36 heavy (non-hydrogen) atoms. The van der Waals surface area contributed by atoms with Crippen molar-refractivity contribution in [2.45, 2.75) is 27.2 Å². The minimum Gasteiger partial charge on any atom is -0.493 e. The van der Waals surface area contributed by atoms with Crippen LogP contribution in [0.15, 0.2) is 42.0 Å². The topological polar surface area (TPSA) is 106 Å². The summed E-state index contributed by atoms with van der Waals surface area (Å²) in [6.07, 6.45) is 2.18. The molecule has 0 aliphatic heterocycles. The van der Waals surface area contributed by atoms with Gasteiger partial charge in [0.05, 0.1) is 12.1 Å². The number of aryl methyl sites for hydroxylation is 1. The Balaban J connectivity index is 1.68. The van der Waals surface area contributed by atoms with Gasteiger partial charge in [-0.05, 0) is 48.2 Å². The fourth-order valence-corrected chi connectivity index (χ4v) is 4.41. The molecule has 0 spiro atoms. The minimum absolute atomic E-state index is 0.117. The zero-order valence-electron chi connectivity index (χ0n) is 20.5. The number of halogens is 1. The van der Waals surface area contributed by atoms with Gasteiger partial charge in [0.15, 0.2) is 11.5 Å². The highest BCUT2D eigenvalue weighted by atomic mass is 35.5. The second-order valence-electron chi connectivity index (χ2n) is 8.22. The lowest BCUT2D eigenvalue weighted by molar-refractivity contribution is -0.112. The molecule has 0 aliphatic carbocycles. The summed E-state index contributed by atoms with van der Waals surface area (Å²) in [6.45, 7) is 6.67. The quantitative estimate of drug-likeness (QED) is 0.194. The van der Waals surface area contributed by atoms with E-state index in [1.165, 1.54) is 24.5 Å². The average Bonchev–Trinajstić information content (AvgIpc) is 3.27. The van der Waals surface area contributed by atoms with Crippen molar-refractivity contribution >= 4 is 40.1 Å². The third-order valence-corrected chi connectivity index (χ3v) is 6.02. The van der Waals surface area contributed by atoms with E-state index in [2.05, 4.69) is 29.4 Å². The molecule has 1 N–H and O–H groups in total. The van der Waals surface area contributed by atoms with Crippen LogP contribution in [0.5, 0.6) is 17.2 Å². The molecule has 0 saturated carbocycles. The summed E-state index contributed by atoms with van der Waals surface area (Å²) in [4.78, 5) is 12.6. The molecule has 0 aliphatic rings. The molecule has 0 fully saturated rings. The van der Waals surface area contributed by atoms with E-state index in [4.69, 9.17) is 25.8 Å². The summed E-state index contributed by atoms with van der Waals surface area (Å²) < 4.78 is 17.0. The number of anilines is 1. The lowest BCUT2D eigenvalue weighted by atomic mass is 10.1. The number of methoxy groups -OCH3 is 1. The maximum atomic E-state index is 12.6. The second-order valence-corrected chi connectivity index (χ2v) is 9.69. The Kier molecular flexibility index (Phi) is 9.68. The lowest BCUT2D eigenvalue weighted by Crippen LogP contribution is -2.13. The van der Waals surface area contributed by atoms with Gasteiger partial charge in [-0.1, -0.05) is 55.0 Å². The Morgan fingerprint density at radius 2 is 1.94 bits per heavy atom. The van der Waals surface area contributed by atoms with Crippen molar-refractivity contribution < 1.29 is 19.0 Å². The third-order valence-electron chi connectivity index (χ3n) is 4.88. The number of benzene rings is 2. The molecule has 0 bridgehead atoms. The standard InChI is InChI=1S/C26H27ClN4O4S/c1-16(2)11-23-30-31-26(36-23)29-25(32)19(15-28)12-18-13-20(27)24(22(14-18)33-4)35-10-9-34-21-8-6-5-7-17(21)3/h5-8,12-14,16H,9-11H2,1-4H3,(H,29,31,32). The van der Waals surface area contributed by atoms with Crippen LogP contribution in [0.25, 0.3) is 6.08 Å². The van der Waals surface area contributed by atoms with Crippen LogP contribution in [0.1, 0.15) is 30.0 Å². The zero-order chi connectivity index (χ0) is 26.1. The molecule has 0 saturated heterocycles. The fraction of sp³-hybridized carbons (Fsp3) is 0.308. The molecule has 8 nitrogen and oxygen atoms in total. The fourth-order valence-electron chi connectivity index (χ4n) is 3.19. The van der Waals surface area contributed by atoms with Gasteiger partial charge in [-0.15, -0.1) is 10.2 Å². The number of para-hydroxylation sites is 1. The summed E-state index contributed by atoms with van der Waals surface area (Å²) in [5.41, 5.74) is 1.42. The summed E-state index contributed by atoms with van der Waals surface area (Å²) >= 11 is 7.72. The molecule has 2 aromatic carbocycles. The first kappa shape index (κ1) is 27.0. The predicted molar refractivity (Wildman–Crippen MR) is 141 cm³/mol. The molecule has 10 heteroatoms. The molecule has 188 valence electrons. The summed E-state index contributed by atoms with van der Waals surface area (Å²) in [7, 11) is 1.48. The van der Waals surface area contributed by atoms with Gasteiger partial charge in [0.25, 0.3) is 5.91 Å². The molecule has 3 aromatic rings. The highest BCUT2D eigenvalue weighted by molar-refractivity contribution is 7.15. The van der Waals surface area contributed by atoms with E-state index in [1.807, 2.05) is 37.3 Å². The first-order valence-corrected chi connectivity index (χ1v) is 12.4. The van der Waals surface area contributed by atoms with Gasteiger partial charge in [0, 0.05) is 6.42 Å². The number of aromatic nitrogens is 2. The van der Waals surface area contributed by atoms with Crippen molar-refractivity contribution in [2.24, 2.45) is 5.92 Å². The van der Waals surface area contributed by atoms with Crippen LogP contribution in [0.3, 0.4) is 0 Å². The smallest absolute Gasteiger partial charge is 0.268 e. The maximum Gasteiger partial charge on any atom is 0.268 e. The molecule has 1 heterocycles. The van der Waals surface area contributed by atoms with Crippen LogP contribution in [0.4, 0.5) is 5.13 Å². The Labute approximate surface area is 219 Å². The monoisotopic (exact) mass is 526 g/mol. The van der Waals surface area contributed by atoms with Gasteiger partial charge in [-0.2, -0.15) is 5.26 Å². The van der Waals surface area contributed by atoms with E-state index in [1.54, 1.807) is 12.1 Å². The molecule has 0 atom stereocenters. The van der Waals surface area contributed by atoms with Gasteiger partial charge in [0.2, 0.25) is 5.13 Å². The number of carbonyl (C=O) groups is 1. The number of amides is 1. The first-order chi connectivity index (χ1) is 17.3. The highest BCUT2D eigenvalue weighted by Gasteiger charge is 2.16. The van der Waals surface area contributed by atoms with E-state index >= 15 is 0 Å². The average molecular weight is 527 g/mol. The van der Waals surface area contributed by atoms with Gasteiger partial charge >= 0.3 is 0 Å². The first-order valence-electron chi connectivity index (χ1n) is 11.2. The van der Waals surface area contributed by atoms with Crippen molar-refractivity contribution in [3.8, 4) is 23.3 Å². The molecule has 1 aromatic heterocycles. The number of nitrogens with one attached hydrogen (secondary N) is 1. The number of carbonyl (C=O) groups excluding carboxylic acids is 1. The summed E-state index contributed by atoms with van der Waals surface area (Å²) in [5.74, 6) is 1.33. The van der Waals surface area contributed by atoms with Gasteiger partial charge < -0.3 is 14.2 Å². The largest absolute Gasteiger partial charge is 0.493 e. The molecule has 1 amide bonds. The van der Waals surface area contributed by atoms with Crippen LogP contribution in [0, 0.1) is 24.2 Å². The minimum atomic E-state index is -0.589. The third kappa shape index (κ3) is 7.44. The van der Waals surface area contributed by atoms with Crippen molar-refractivity contribution in [1.82, 2.24) is 10.2 Å². The van der Waals surface area contributed by atoms with Crippen LogP contribution < -0.4 is 19.5 Å². The van der Waals surface area contributed by atoms with Gasteiger partial charge in [-0.3, -0.25) is 10.1 Å². The maximum absolute atomic E-state index is 12.6. The second kappa shape index (κ2) is 12.9. The number of hydrogen-bond donors (Lipinski definition) is 1. The molecule has 3 rings (SSSR count). The number of nitrogens with zero attached hydrogens (tertiary/aromatic N) is 3. The SMILES string of the molecule is COc1cc(C=C(C#N)C(=O)Nc2nnc(CC(C)C)s2)cc(Cl)c1OCCOc1ccccc1C. The number of rotatable bonds is 11. The number of hydrogen-bond acceptors (Lipinski definition) is 8. The molecular weight excluding hydrogens is 500 g/mol. The number of ether oxygens (including phenoxy) is 3. The zero-order valence-corrected chi connectivity index (χ0v) is 22.1. The Morgan fingerprint density at radius 1 is 1.19 bits per heavy atom. The van der Waals surface area contributed by atoms with Crippen molar-refractivity contribution in [2.75, 3.05) is 25.6 Å². The van der Waals surface area contributed by atoms with E-state index in [0.717, 1.165) is 22.7 Å². The molecular formula is C26H27ClN4O4S. The normalized spacial score (nSPS) is 11.2. The van der Waals surface area contributed by atoms with Crippen LogP contribution >= 0.6 is 22.9 Å². The number of nitriles is 1. The van der Waals surface area contributed by atoms with Crippen molar-refractivity contribution in [1.29, 1.82) is 5.26 Å². The van der Waals surface area contributed by atoms with Crippen LogP contribution in [-0.2, 0) is 11.2 Å². The lowest BCUT2D eigenvalue weighted by Gasteiger charge is -2.14. The van der Waals surface area contributed by atoms with E-state index in [9.17, 15) is 10.1 Å². The summed E-state index contributed by atoms with van der Waals surface area (Å²) in [5, 5.41) is 21.7. The van der Waals surface area contributed by atoms with Crippen molar-refractivity contribution in [3.05, 3.63) is 63.1 Å². The van der Waals surface area contributed by atoms with Gasteiger partial charge in [0.1, 0.15) is 35.6 Å². The molecule has 0 unspecified atom stereocenters. The van der Waals surface area contributed by atoms with Crippen molar-refractivity contribution in [3.63, 3.8) is 0 Å². The van der Waals surface area contributed by atoms with Gasteiger partial charge in [-0.25, -0.2) is 0 Å². The molecule has 0 radical (unpaired) electrons. The Bertz CT molecular complexity index is 1280. The Hall–Kier alpha value is -3.61.